The molecule has 0 fully saturated rings. The maximum atomic E-state index is 13.6. The summed E-state index contributed by atoms with van der Waals surface area (Å²) >= 11 is 0. The minimum absolute atomic E-state index is 0.00666. The van der Waals surface area contributed by atoms with Gasteiger partial charge in [0.1, 0.15) is 12.4 Å². The molecule has 0 spiro atoms. The third-order valence-electron chi connectivity index (χ3n) is 3.43. The lowest BCUT2D eigenvalue weighted by Crippen LogP contribution is -2.28. The summed E-state index contributed by atoms with van der Waals surface area (Å²) in [6.07, 6.45) is 0.943. The number of aryl methyl sites for hydroxylation is 1. The van der Waals surface area contributed by atoms with Crippen molar-refractivity contribution in [3.05, 3.63) is 53.8 Å². The second-order valence-electron chi connectivity index (χ2n) is 5.04. The molecule has 5 nitrogen and oxygen atoms in total. The molecule has 0 aliphatic carbocycles. The van der Waals surface area contributed by atoms with Crippen LogP contribution in [0.2, 0.25) is 0 Å². The van der Waals surface area contributed by atoms with E-state index in [-0.39, 0.29) is 23.8 Å². The van der Waals surface area contributed by atoms with E-state index < -0.39 is 15.8 Å². The Morgan fingerprint density at radius 3 is 2.42 bits per heavy atom. The Labute approximate surface area is 141 Å². The Morgan fingerprint density at radius 2 is 1.83 bits per heavy atom. The molecule has 0 amide bonds. The van der Waals surface area contributed by atoms with Gasteiger partial charge in [-0.2, -0.15) is 0 Å². The SMILES string of the molecule is CCc1ccc(OCCNS(=O)(=O)c2ccc(OC)c(F)c2)cc1. The average molecular weight is 353 g/mol. The molecule has 0 aliphatic heterocycles. The van der Waals surface area contributed by atoms with E-state index in [1.807, 2.05) is 24.3 Å². The smallest absolute Gasteiger partial charge is 0.240 e. The molecule has 24 heavy (non-hydrogen) atoms. The van der Waals surface area contributed by atoms with Gasteiger partial charge >= 0.3 is 0 Å². The number of methoxy groups -OCH3 is 1. The minimum atomic E-state index is -3.80. The van der Waals surface area contributed by atoms with Crippen molar-refractivity contribution >= 4 is 10.0 Å². The summed E-state index contributed by atoms with van der Waals surface area (Å²) in [6, 6.07) is 11.1. The molecule has 7 heteroatoms. The fourth-order valence-corrected chi connectivity index (χ4v) is 3.09. The van der Waals surface area contributed by atoms with Crippen LogP contribution in [0.5, 0.6) is 11.5 Å². The Balaban J connectivity index is 1.89. The highest BCUT2D eigenvalue weighted by molar-refractivity contribution is 7.89. The third-order valence-corrected chi connectivity index (χ3v) is 4.89. The van der Waals surface area contributed by atoms with Crippen LogP contribution in [-0.2, 0) is 16.4 Å². The number of ether oxygens (including phenoxy) is 2. The maximum Gasteiger partial charge on any atom is 0.240 e. The van der Waals surface area contributed by atoms with Gasteiger partial charge in [0.25, 0.3) is 0 Å². The van der Waals surface area contributed by atoms with Gasteiger partial charge in [-0.25, -0.2) is 17.5 Å². The molecule has 0 unspecified atom stereocenters. The van der Waals surface area contributed by atoms with Gasteiger partial charge in [0.2, 0.25) is 10.0 Å². The standard InChI is InChI=1S/C17H20FNO4S/c1-3-13-4-6-14(7-5-13)23-11-10-19-24(20,21)15-8-9-17(22-2)16(18)12-15/h4-9,12,19H,3,10-11H2,1-2H3. The van der Waals surface area contributed by atoms with Crippen LogP contribution in [0, 0.1) is 5.82 Å². The van der Waals surface area contributed by atoms with Crippen LogP contribution in [0.3, 0.4) is 0 Å². The second kappa shape index (κ2) is 8.12. The molecule has 2 rings (SSSR count). The van der Waals surface area contributed by atoms with Crippen molar-refractivity contribution in [2.45, 2.75) is 18.2 Å². The average Bonchev–Trinajstić information content (AvgIpc) is 2.59. The Hall–Kier alpha value is -2.12. The van der Waals surface area contributed by atoms with E-state index in [9.17, 15) is 12.8 Å². The van der Waals surface area contributed by atoms with Crippen LogP contribution < -0.4 is 14.2 Å². The molecule has 0 radical (unpaired) electrons. The summed E-state index contributed by atoms with van der Waals surface area (Å²) in [5.74, 6) is -0.0673. The lowest BCUT2D eigenvalue weighted by atomic mass is 10.2. The van der Waals surface area contributed by atoms with Crippen LogP contribution in [0.1, 0.15) is 12.5 Å². The molecule has 1 N–H and O–H groups in total. The minimum Gasteiger partial charge on any atom is -0.494 e. The van der Waals surface area contributed by atoms with Crippen LogP contribution in [0.25, 0.3) is 0 Å². The number of sulfonamides is 1. The maximum absolute atomic E-state index is 13.6. The number of hydrogen-bond acceptors (Lipinski definition) is 4. The monoisotopic (exact) mass is 353 g/mol. The Morgan fingerprint density at radius 1 is 1.12 bits per heavy atom. The normalized spacial score (nSPS) is 11.3. The number of halogens is 1. The molecule has 2 aromatic carbocycles. The van der Waals surface area contributed by atoms with Gasteiger partial charge in [0.15, 0.2) is 11.6 Å². The fourth-order valence-electron chi connectivity index (χ4n) is 2.06. The highest BCUT2D eigenvalue weighted by Gasteiger charge is 2.16. The largest absolute Gasteiger partial charge is 0.494 e. The highest BCUT2D eigenvalue weighted by atomic mass is 32.2. The first-order valence-electron chi connectivity index (χ1n) is 7.51. The summed E-state index contributed by atoms with van der Waals surface area (Å²) in [6.45, 7) is 2.31. The predicted molar refractivity (Wildman–Crippen MR) is 89.5 cm³/mol. The van der Waals surface area contributed by atoms with Crippen molar-refractivity contribution in [3.8, 4) is 11.5 Å². The number of hydrogen-bond donors (Lipinski definition) is 1. The van der Waals surface area contributed by atoms with E-state index in [1.165, 1.54) is 24.8 Å². The second-order valence-corrected chi connectivity index (χ2v) is 6.81. The summed E-state index contributed by atoms with van der Waals surface area (Å²) in [4.78, 5) is -0.159. The van der Waals surface area contributed by atoms with Crippen LogP contribution in [-0.4, -0.2) is 28.7 Å². The van der Waals surface area contributed by atoms with Gasteiger partial charge < -0.3 is 9.47 Å². The van der Waals surface area contributed by atoms with Crippen molar-refractivity contribution in [1.82, 2.24) is 4.72 Å². The molecule has 2 aromatic rings. The zero-order valence-corrected chi connectivity index (χ0v) is 14.4. The predicted octanol–water partition coefficient (Wildman–Crippen LogP) is 2.75. The van der Waals surface area contributed by atoms with Crippen molar-refractivity contribution in [3.63, 3.8) is 0 Å². The van der Waals surface area contributed by atoms with Gasteiger partial charge in [-0.3, -0.25) is 0 Å². The molecule has 0 atom stereocenters. The van der Waals surface area contributed by atoms with E-state index in [2.05, 4.69) is 11.6 Å². The molecule has 0 bridgehead atoms. The first kappa shape index (κ1) is 18.2. The molecule has 0 aliphatic rings. The van der Waals surface area contributed by atoms with Crippen LogP contribution in [0.15, 0.2) is 47.4 Å². The molecule has 0 saturated heterocycles. The zero-order valence-electron chi connectivity index (χ0n) is 13.6. The number of benzene rings is 2. The molecular weight excluding hydrogens is 333 g/mol. The van der Waals surface area contributed by atoms with Gasteiger partial charge in [-0.1, -0.05) is 19.1 Å². The first-order chi connectivity index (χ1) is 11.5. The topological polar surface area (TPSA) is 64.6 Å². The van der Waals surface area contributed by atoms with E-state index >= 15 is 0 Å². The van der Waals surface area contributed by atoms with E-state index in [0.717, 1.165) is 12.5 Å². The van der Waals surface area contributed by atoms with Gasteiger partial charge in [0.05, 0.1) is 12.0 Å². The fraction of sp³-hybridized carbons (Fsp3) is 0.294. The lowest BCUT2D eigenvalue weighted by Gasteiger charge is -2.10. The zero-order chi connectivity index (χ0) is 17.6. The van der Waals surface area contributed by atoms with Crippen molar-refractivity contribution in [2.24, 2.45) is 0 Å². The van der Waals surface area contributed by atoms with E-state index in [1.54, 1.807) is 0 Å². The molecule has 0 heterocycles. The third kappa shape index (κ3) is 4.69. The summed E-state index contributed by atoms with van der Waals surface area (Å²) in [5.41, 5.74) is 1.20. The van der Waals surface area contributed by atoms with Crippen molar-refractivity contribution < 1.29 is 22.3 Å². The van der Waals surface area contributed by atoms with Gasteiger partial charge in [-0.15, -0.1) is 0 Å². The Bertz CT molecular complexity index is 776. The van der Waals surface area contributed by atoms with Crippen LogP contribution in [0.4, 0.5) is 4.39 Å². The first-order valence-corrected chi connectivity index (χ1v) is 8.99. The summed E-state index contributed by atoms with van der Waals surface area (Å²) < 4.78 is 50.4. The van der Waals surface area contributed by atoms with Gasteiger partial charge in [-0.05, 0) is 42.3 Å². The highest BCUT2D eigenvalue weighted by Crippen LogP contribution is 2.20. The van der Waals surface area contributed by atoms with Crippen molar-refractivity contribution in [1.29, 1.82) is 0 Å². The molecule has 0 saturated carbocycles. The lowest BCUT2D eigenvalue weighted by molar-refractivity contribution is 0.322. The number of nitrogens with one attached hydrogen (secondary N) is 1. The summed E-state index contributed by atoms with van der Waals surface area (Å²) in [5, 5.41) is 0. The van der Waals surface area contributed by atoms with E-state index in [0.29, 0.717) is 5.75 Å². The molecular formula is C17H20FNO4S. The quantitative estimate of drug-likeness (QED) is 0.741. The summed E-state index contributed by atoms with van der Waals surface area (Å²) in [7, 11) is -2.48. The van der Waals surface area contributed by atoms with Gasteiger partial charge in [0, 0.05) is 6.54 Å². The van der Waals surface area contributed by atoms with Crippen molar-refractivity contribution in [2.75, 3.05) is 20.3 Å². The molecule has 130 valence electrons. The van der Waals surface area contributed by atoms with E-state index in [4.69, 9.17) is 9.47 Å². The molecule has 0 aromatic heterocycles. The number of rotatable bonds is 8. The Kier molecular flexibility index (Phi) is 6.16. The van der Waals surface area contributed by atoms with Crippen LogP contribution >= 0.6 is 0 Å².